The number of aromatic carboxylic acids is 1. The van der Waals surface area contributed by atoms with Gasteiger partial charge in [-0.25, -0.2) is 4.79 Å². The predicted molar refractivity (Wildman–Crippen MR) is 44.6 cm³/mol. The van der Waals surface area contributed by atoms with Crippen molar-refractivity contribution in [2.75, 3.05) is 11.9 Å². The number of hydrogen-bond donors (Lipinski definition) is 2. The topological polar surface area (TPSA) is 88.2 Å². The van der Waals surface area contributed by atoms with Crippen LogP contribution in [-0.2, 0) is 0 Å². The van der Waals surface area contributed by atoms with Gasteiger partial charge in [-0.3, -0.25) is 0 Å². The van der Waals surface area contributed by atoms with Gasteiger partial charge in [0.05, 0.1) is 0 Å². The van der Waals surface area contributed by atoms with Gasteiger partial charge in [0.1, 0.15) is 0 Å². The lowest BCUT2D eigenvalue weighted by Crippen LogP contribution is -2.07. The summed E-state index contributed by atoms with van der Waals surface area (Å²) in [5.74, 6) is -1.18. The van der Waals surface area contributed by atoms with Crippen LogP contribution in [0.2, 0.25) is 0 Å². The molecule has 6 nitrogen and oxygen atoms in total. The molecule has 0 atom stereocenters. The molecule has 2 N–H and O–H groups in total. The van der Waals surface area contributed by atoms with Crippen molar-refractivity contribution in [3.05, 3.63) is 5.89 Å². The van der Waals surface area contributed by atoms with E-state index in [9.17, 15) is 4.79 Å². The minimum absolute atomic E-state index is 0.145. The summed E-state index contributed by atoms with van der Waals surface area (Å²) in [5.41, 5.74) is 0. The zero-order valence-corrected chi connectivity index (χ0v) is 7.44. The fourth-order valence-corrected chi connectivity index (χ4v) is 0.673. The van der Waals surface area contributed by atoms with Gasteiger partial charge in [-0.1, -0.05) is 24.0 Å². The van der Waals surface area contributed by atoms with E-state index in [-0.39, 0.29) is 6.01 Å². The summed E-state index contributed by atoms with van der Waals surface area (Å²) < 4.78 is 4.76. The van der Waals surface area contributed by atoms with E-state index in [2.05, 4.69) is 15.5 Å². The molecule has 0 fully saturated rings. The summed E-state index contributed by atoms with van der Waals surface area (Å²) in [6, 6.07) is 0.145. The maximum Gasteiger partial charge on any atom is 0.393 e. The fourth-order valence-electron chi connectivity index (χ4n) is 0.673. The van der Waals surface area contributed by atoms with Gasteiger partial charge < -0.3 is 14.8 Å². The van der Waals surface area contributed by atoms with Crippen LogP contribution >= 0.6 is 0 Å². The minimum Gasteiger partial charge on any atom is -0.474 e. The molecule has 13 heavy (non-hydrogen) atoms. The van der Waals surface area contributed by atoms with Gasteiger partial charge >= 0.3 is 17.9 Å². The summed E-state index contributed by atoms with van der Waals surface area (Å²) in [5, 5.41) is 18.1. The van der Waals surface area contributed by atoms with Gasteiger partial charge in [-0.15, -0.1) is 0 Å². The zero-order chi connectivity index (χ0) is 9.84. The number of anilines is 1. The van der Waals surface area contributed by atoms with Crippen LogP contribution in [0.4, 0.5) is 6.01 Å². The van der Waals surface area contributed by atoms with Gasteiger partial charge in [0, 0.05) is 6.54 Å². The van der Waals surface area contributed by atoms with Gasteiger partial charge in [-0.05, 0) is 5.92 Å². The van der Waals surface area contributed by atoms with Crippen molar-refractivity contribution in [1.29, 1.82) is 0 Å². The van der Waals surface area contributed by atoms with Crippen LogP contribution in [0.25, 0.3) is 0 Å². The van der Waals surface area contributed by atoms with Crippen LogP contribution in [0.15, 0.2) is 4.42 Å². The summed E-state index contributed by atoms with van der Waals surface area (Å²) >= 11 is 0. The summed E-state index contributed by atoms with van der Waals surface area (Å²) in [7, 11) is 0. The Morgan fingerprint density at radius 2 is 2.31 bits per heavy atom. The second-order valence-electron chi connectivity index (χ2n) is 2.99. The number of rotatable bonds is 4. The predicted octanol–water partition coefficient (Wildman–Crippen LogP) is 0.836. The van der Waals surface area contributed by atoms with Crippen LogP contribution in [-0.4, -0.2) is 27.8 Å². The van der Waals surface area contributed by atoms with E-state index in [4.69, 9.17) is 9.52 Å². The lowest BCUT2D eigenvalue weighted by atomic mass is 10.2. The molecular weight excluding hydrogens is 174 g/mol. The van der Waals surface area contributed by atoms with Gasteiger partial charge in [-0.2, -0.15) is 0 Å². The highest BCUT2D eigenvalue weighted by Crippen LogP contribution is 2.05. The molecule has 0 bridgehead atoms. The van der Waals surface area contributed by atoms with Crippen LogP contribution in [0.1, 0.15) is 24.5 Å². The molecule has 1 rings (SSSR count). The third kappa shape index (κ3) is 2.73. The number of carbonyl (C=O) groups is 1. The zero-order valence-electron chi connectivity index (χ0n) is 7.44. The first-order valence-electron chi connectivity index (χ1n) is 3.90. The molecule has 0 radical (unpaired) electrons. The van der Waals surface area contributed by atoms with E-state index in [1.165, 1.54) is 0 Å². The molecule has 0 aliphatic heterocycles. The number of carboxylic acid groups (broad SMARTS) is 1. The summed E-state index contributed by atoms with van der Waals surface area (Å²) in [6.45, 7) is 4.70. The monoisotopic (exact) mass is 185 g/mol. The van der Waals surface area contributed by atoms with E-state index in [0.717, 1.165) is 0 Å². The molecule has 6 heteroatoms. The molecule has 0 aliphatic carbocycles. The number of nitrogens with zero attached hydrogens (tertiary/aromatic N) is 2. The van der Waals surface area contributed by atoms with Crippen LogP contribution < -0.4 is 5.32 Å². The Labute approximate surface area is 75.0 Å². The van der Waals surface area contributed by atoms with Crippen LogP contribution in [0, 0.1) is 5.92 Å². The molecule has 0 aromatic carbocycles. The molecule has 0 saturated carbocycles. The van der Waals surface area contributed by atoms with Crippen molar-refractivity contribution < 1.29 is 14.3 Å². The Balaban J connectivity index is 2.54. The van der Waals surface area contributed by atoms with E-state index in [1.54, 1.807) is 0 Å². The van der Waals surface area contributed by atoms with Crippen molar-refractivity contribution in [1.82, 2.24) is 10.2 Å². The molecule has 72 valence electrons. The highest BCUT2D eigenvalue weighted by Gasteiger charge is 2.12. The molecule has 1 aromatic heterocycles. The Hall–Kier alpha value is -1.59. The SMILES string of the molecule is CC(C)CNc1nnc(C(=O)O)o1. The Bertz CT molecular complexity index is 295. The highest BCUT2D eigenvalue weighted by atomic mass is 16.4. The molecule has 0 unspecified atom stereocenters. The van der Waals surface area contributed by atoms with Crippen molar-refractivity contribution in [3.63, 3.8) is 0 Å². The molecular formula is C7H11N3O3. The van der Waals surface area contributed by atoms with Gasteiger partial charge in [0.25, 0.3) is 0 Å². The van der Waals surface area contributed by atoms with E-state index < -0.39 is 11.9 Å². The van der Waals surface area contributed by atoms with Gasteiger partial charge in [0.15, 0.2) is 0 Å². The first-order chi connectivity index (χ1) is 6.09. The average molecular weight is 185 g/mol. The van der Waals surface area contributed by atoms with Crippen molar-refractivity contribution in [2.45, 2.75) is 13.8 Å². The normalized spacial score (nSPS) is 10.4. The second-order valence-corrected chi connectivity index (χ2v) is 2.99. The van der Waals surface area contributed by atoms with Crippen LogP contribution in [0.3, 0.4) is 0 Å². The summed E-state index contributed by atoms with van der Waals surface area (Å²) in [6.07, 6.45) is 0. The third-order valence-electron chi connectivity index (χ3n) is 1.27. The lowest BCUT2D eigenvalue weighted by molar-refractivity contribution is 0.0654. The van der Waals surface area contributed by atoms with E-state index >= 15 is 0 Å². The highest BCUT2D eigenvalue weighted by molar-refractivity contribution is 5.81. The van der Waals surface area contributed by atoms with Crippen LogP contribution in [0.5, 0.6) is 0 Å². The summed E-state index contributed by atoms with van der Waals surface area (Å²) in [4.78, 5) is 10.3. The Morgan fingerprint density at radius 1 is 1.62 bits per heavy atom. The standard InChI is InChI=1S/C7H11N3O3/c1-4(2)3-8-7-10-9-5(13-7)6(11)12/h4H,3H2,1-2H3,(H,8,10)(H,11,12). The second kappa shape index (κ2) is 3.88. The Morgan fingerprint density at radius 3 is 2.77 bits per heavy atom. The number of carboxylic acids is 1. The maximum absolute atomic E-state index is 10.3. The lowest BCUT2D eigenvalue weighted by Gasteiger charge is -2.02. The average Bonchev–Trinajstić information content (AvgIpc) is 2.48. The first-order valence-corrected chi connectivity index (χ1v) is 3.90. The smallest absolute Gasteiger partial charge is 0.393 e. The quantitative estimate of drug-likeness (QED) is 0.722. The number of hydrogen-bond acceptors (Lipinski definition) is 5. The number of aromatic nitrogens is 2. The molecule has 1 aromatic rings. The van der Waals surface area contributed by atoms with Gasteiger partial charge in [0.2, 0.25) is 0 Å². The third-order valence-corrected chi connectivity index (χ3v) is 1.27. The first kappa shape index (κ1) is 9.50. The molecule has 0 aliphatic rings. The largest absolute Gasteiger partial charge is 0.474 e. The minimum atomic E-state index is -1.22. The van der Waals surface area contributed by atoms with E-state index in [1.807, 2.05) is 13.8 Å². The molecule has 1 heterocycles. The Kier molecular flexibility index (Phi) is 2.84. The fraction of sp³-hybridized carbons (Fsp3) is 0.571. The van der Waals surface area contributed by atoms with Crippen molar-refractivity contribution in [2.24, 2.45) is 5.92 Å². The molecule has 0 spiro atoms. The molecule has 0 saturated heterocycles. The van der Waals surface area contributed by atoms with E-state index in [0.29, 0.717) is 12.5 Å². The maximum atomic E-state index is 10.3. The van der Waals surface area contributed by atoms with Crippen molar-refractivity contribution >= 4 is 12.0 Å². The number of nitrogens with one attached hydrogen (secondary N) is 1. The molecule has 0 amide bonds. The van der Waals surface area contributed by atoms with Crippen molar-refractivity contribution in [3.8, 4) is 0 Å².